The largest absolute Gasteiger partial charge is 0.372 e. The predicted octanol–water partition coefficient (Wildman–Crippen LogP) is 3.33. The van der Waals surface area contributed by atoms with Crippen LogP contribution in [0.25, 0.3) is 0 Å². The molecular weight excluding hydrogens is 284 g/mol. The molecule has 0 saturated heterocycles. The summed E-state index contributed by atoms with van der Waals surface area (Å²) < 4.78 is 27.2. The van der Waals surface area contributed by atoms with Crippen molar-refractivity contribution in [3.05, 3.63) is 54.6 Å². The van der Waals surface area contributed by atoms with E-state index in [1.165, 1.54) is 0 Å². The fraction of sp³-hybridized carbons (Fsp3) is 0.250. The molecule has 5 heteroatoms. The third-order valence-electron chi connectivity index (χ3n) is 3.28. The number of nitrogens with zero attached hydrogens (tertiary/aromatic N) is 1. The van der Waals surface area contributed by atoms with E-state index in [4.69, 9.17) is 0 Å². The van der Waals surface area contributed by atoms with E-state index in [0.717, 1.165) is 18.8 Å². The van der Waals surface area contributed by atoms with Gasteiger partial charge in [0.2, 0.25) is 0 Å². The minimum atomic E-state index is -3.54. The van der Waals surface area contributed by atoms with Crippen LogP contribution in [0.5, 0.6) is 0 Å². The van der Waals surface area contributed by atoms with Crippen LogP contribution in [0.1, 0.15) is 13.8 Å². The molecule has 0 aromatic heterocycles. The molecule has 0 aliphatic rings. The second-order valence-corrected chi connectivity index (χ2v) is 6.32. The van der Waals surface area contributed by atoms with Crippen LogP contribution in [-0.2, 0) is 10.0 Å². The smallest absolute Gasteiger partial charge is 0.261 e. The van der Waals surface area contributed by atoms with Crippen LogP contribution < -0.4 is 9.62 Å². The third-order valence-corrected chi connectivity index (χ3v) is 4.68. The monoisotopic (exact) mass is 304 g/mol. The number of hydrogen-bond donors (Lipinski definition) is 1. The average Bonchev–Trinajstić information content (AvgIpc) is 2.49. The number of sulfonamides is 1. The van der Waals surface area contributed by atoms with Gasteiger partial charge in [-0.05, 0) is 44.2 Å². The van der Waals surface area contributed by atoms with Gasteiger partial charge in [0.15, 0.2) is 0 Å². The van der Waals surface area contributed by atoms with Gasteiger partial charge in [0.05, 0.1) is 10.6 Å². The minimum Gasteiger partial charge on any atom is -0.372 e. The molecule has 0 unspecified atom stereocenters. The Labute approximate surface area is 126 Å². The minimum absolute atomic E-state index is 0.262. The molecule has 0 aliphatic carbocycles. The lowest BCUT2D eigenvalue weighted by Gasteiger charge is -2.21. The number of nitrogens with one attached hydrogen (secondary N) is 1. The van der Waals surface area contributed by atoms with Crippen LogP contribution in [0.4, 0.5) is 11.4 Å². The second-order valence-electron chi connectivity index (χ2n) is 4.64. The number of benzene rings is 2. The van der Waals surface area contributed by atoms with E-state index < -0.39 is 10.0 Å². The van der Waals surface area contributed by atoms with Crippen molar-refractivity contribution >= 4 is 21.4 Å². The molecule has 2 rings (SSSR count). The molecule has 4 nitrogen and oxygen atoms in total. The van der Waals surface area contributed by atoms with Crippen LogP contribution in [0.3, 0.4) is 0 Å². The first kappa shape index (κ1) is 15.4. The third kappa shape index (κ3) is 3.76. The highest BCUT2D eigenvalue weighted by molar-refractivity contribution is 7.92. The van der Waals surface area contributed by atoms with Gasteiger partial charge in [-0.15, -0.1) is 0 Å². The van der Waals surface area contributed by atoms with E-state index >= 15 is 0 Å². The summed E-state index contributed by atoms with van der Waals surface area (Å²) in [4.78, 5) is 2.43. The lowest BCUT2D eigenvalue weighted by Crippen LogP contribution is -2.22. The standard InChI is InChI=1S/C16H20N2O2S/c1-3-18(4-2)15-10-8-9-14(13-15)17-21(19,20)16-11-6-5-7-12-16/h5-13,17H,3-4H2,1-2H3. The van der Waals surface area contributed by atoms with Crippen LogP contribution in [0, 0.1) is 0 Å². The first-order valence-electron chi connectivity index (χ1n) is 6.99. The molecular formula is C16H20N2O2S. The van der Waals surface area contributed by atoms with Gasteiger partial charge in [0, 0.05) is 18.8 Å². The van der Waals surface area contributed by atoms with Crippen molar-refractivity contribution < 1.29 is 8.42 Å². The van der Waals surface area contributed by atoms with Crippen molar-refractivity contribution in [2.75, 3.05) is 22.7 Å². The maximum atomic E-state index is 12.3. The van der Waals surface area contributed by atoms with E-state index in [1.807, 2.05) is 18.2 Å². The first-order chi connectivity index (χ1) is 10.1. The highest BCUT2D eigenvalue weighted by atomic mass is 32.2. The highest BCUT2D eigenvalue weighted by Crippen LogP contribution is 2.22. The maximum Gasteiger partial charge on any atom is 0.261 e. The zero-order valence-electron chi connectivity index (χ0n) is 12.3. The molecule has 0 spiro atoms. The summed E-state index contributed by atoms with van der Waals surface area (Å²) in [6, 6.07) is 15.8. The van der Waals surface area contributed by atoms with Gasteiger partial charge < -0.3 is 4.90 Å². The van der Waals surface area contributed by atoms with Crippen molar-refractivity contribution in [1.29, 1.82) is 0 Å². The molecule has 0 amide bonds. The Hall–Kier alpha value is -2.01. The van der Waals surface area contributed by atoms with Crippen molar-refractivity contribution in [3.8, 4) is 0 Å². The molecule has 1 N–H and O–H groups in total. The van der Waals surface area contributed by atoms with Crippen molar-refractivity contribution in [1.82, 2.24) is 0 Å². The van der Waals surface area contributed by atoms with Crippen LogP contribution in [-0.4, -0.2) is 21.5 Å². The van der Waals surface area contributed by atoms with Gasteiger partial charge >= 0.3 is 0 Å². The quantitative estimate of drug-likeness (QED) is 0.890. The number of anilines is 2. The second kappa shape index (κ2) is 6.63. The number of hydrogen-bond acceptors (Lipinski definition) is 3. The topological polar surface area (TPSA) is 49.4 Å². The van der Waals surface area contributed by atoms with Crippen molar-refractivity contribution in [3.63, 3.8) is 0 Å². The van der Waals surface area contributed by atoms with Gasteiger partial charge in [-0.2, -0.15) is 0 Å². The molecule has 0 aliphatic heterocycles. The fourth-order valence-electron chi connectivity index (χ4n) is 2.17. The lowest BCUT2D eigenvalue weighted by molar-refractivity contribution is 0.601. The summed E-state index contributed by atoms with van der Waals surface area (Å²) in [5, 5.41) is 0. The normalized spacial score (nSPS) is 11.1. The van der Waals surface area contributed by atoms with Gasteiger partial charge in [-0.25, -0.2) is 8.42 Å². The Balaban J connectivity index is 2.26. The Morgan fingerprint density at radius 3 is 2.24 bits per heavy atom. The molecule has 0 fully saturated rings. The summed E-state index contributed by atoms with van der Waals surface area (Å²) in [6.45, 7) is 5.91. The summed E-state index contributed by atoms with van der Waals surface area (Å²) in [5.41, 5.74) is 1.58. The van der Waals surface area contributed by atoms with Gasteiger partial charge in [0.1, 0.15) is 0 Å². The van der Waals surface area contributed by atoms with E-state index in [9.17, 15) is 8.42 Å². The van der Waals surface area contributed by atoms with Crippen LogP contribution in [0.2, 0.25) is 0 Å². The molecule has 0 bridgehead atoms. The molecule has 2 aromatic carbocycles. The highest BCUT2D eigenvalue weighted by Gasteiger charge is 2.13. The lowest BCUT2D eigenvalue weighted by atomic mass is 10.2. The average molecular weight is 304 g/mol. The Morgan fingerprint density at radius 1 is 0.952 bits per heavy atom. The Bertz CT molecular complexity index is 680. The number of rotatable bonds is 6. The van der Waals surface area contributed by atoms with Gasteiger partial charge in [0.25, 0.3) is 10.0 Å². The van der Waals surface area contributed by atoms with E-state index in [1.54, 1.807) is 36.4 Å². The first-order valence-corrected chi connectivity index (χ1v) is 8.48. The van der Waals surface area contributed by atoms with Crippen molar-refractivity contribution in [2.45, 2.75) is 18.7 Å². The molecule has 0 heterocycles. The van der Waals surface area contributed by atoms with E-state index in [-0.39, 0.29) is 4.90 Å². The van der Waals surface area contributed by atoms with E-state index in [0.29, 0.717) is 5.69 Å². The zero-order valence-corrected chi connectivity index (χ0v) is 13.1. The maximum absolute atomic E-state index is 12.3. The Morgan fingerprint density at radius 2 is 1.62 bits per heavy atom. The Kier molecular flexibility index (Phi) is 4.85. The van der Waals surface area contributed by atoms with Crippen molar-refractivity contribution in [2.24, 2.45) is 0 Å². The van der Waals surface area contributed by atoms with Gasteiger partial charge in [-0.1, -0.05) is 24.3 Å². The predicted molar refractivity (Wildman–Crippen MR) is 87.3 cm³/mol. The fourth-order valence-corrected chi connectivity index (χ4v) is 3.24. The summed E-state index contributed by atoms with van der Waals surface area (Å²) in [7, 11) is -3.54. The molecule has 0 atom stereocenters. The van der Waals surface area contributed by atoms with Crippen LogP contribution in [0.15, 0.2) is 59.5 Å². The molecule has 112 valence electrons. The summed E-state index contributed by atoms with van der Waals surface area (Å²) >= 11 is 0. The molecule has 2 aromatic rings. The molecule has 0 radical (unpaired) electrons. The van der Waals surface area contributed by atoms with Crippen LogP contribution >= 0.6 is 0 Å². The van der Waals surface area contributed by atoms with Gasteiger partial charge in [-0.3, -0.25) is 4.72 Å². The molecule has 0 saturated carbocycles. The summed E-state index contributed by atoms with van der Waals surface area (Å²) in [5.74, 6) is 0. The molecule has 21 heavy (non-hydrogen) atoms. The summed E-state index contributed by atoms with van der Waals surface area (Å²) in [6.07, 6.45) is 0. The SMILES string of the molecule is CCN(CC)c1cccc(NS(=O)(=O)c2ccccc2)c1. The van der Waals surface area contributed by atoms with E-state index in [2.05, 4.69) is 23.5 Å². The zero-order chi connectivity index (χ0) is 15.3.